The Morgan fingerprint density at radius 2 is 2.21 bits per heavy atom. The normalized spacial score (nSPS) is 20.9. The second-order valence-corrected chi connectivity index (χ2v) is 7.85. The van der Waals surface area contributed by atoms with Crippen molar-refractivity contribution in [2.24, 2.45) is 5.73 Å². The summed E-state index contributed by atoms with van der Waals surface area (Å²) in [5.74, 6) is 2.28. The van der Waals surface area contributed by atoms with E-state index < -0.39 is 0 Å². The quantitative estimate of drug-likeness (QED) is 0.924. The average molecular weight is 279 g/mol. The first-order valence-corrected chi connectivity index (χ1v) is 8.04. The van der Waals surface area contributed by atoms with Crippen LogP contribution in [0.1, 0.15) is 32.8 Å². The van der Waals surface area contributed by atoms with E-state index in [-0.39, 0.29) is 6.04 Å². The Kier molecular flexibility index (Phi) is 4.74. The van der Waals surface area contributed by atoms with Gasteiger partial charge in [-0.3, -0.25) is 0 Å². The van der Waals surface area contributed by atoms with E-state index in [1.54, 1.807) is 0 Å². The van der Waals surface area contributed by atoms with E-state index in [4.69, 9.17) is 5.73 Å². The van der Waals surface area contributed by atoms with Gasteiger partial charge in [-0.15, -0.1) is 0 Å². The van der Waals surface area contributed by atoms with Gasteiger partial charge >= 0.3 is 0 Å². The summed E-state index contributed by atoms with van der Waals surface area (Å²) >= 11 is 2.07. The molecule has 1 saturated heterocycles. The number of nitrogens with zero attached hydrogens (tertiary/aromatic N) is 2. The molecule has 0 bridgehead atoms. The van der Waals surface area contributed by atoms with Gasteiger partial charge in [0.05, 0.1) is 0 Å². The van der Waals surface area contributed by atoms with Crippen LogP contribution < -0.4 is 10.6 Å². The molecule has 0 amide bonds. The molecule has 19 heavy (non-hydrogen) atoms. The van der Waals surface area contributed by atoms with Gasteiger partial charge in [-0.1, -0.05) is 19.9 Å². The molecule has 0 aliphatic carbocycles. The van der Waals surface area contributed by atoms with Crippen LogP contribution in [-0.2, 0) is 6.42 Å². The molecular formula is C15H25N3S. The summed E-state index contributed by atoms with van der Waals surface area (Å²) < 4.78 is 0.393. The van der Waals surface area contributed by atoms with Gasteiger partial charge in [-0.25, -0.2) is 4.98 Å². The van der Waals surface area contributed by atoms with E-state index in [1.807, 2.05) is 13.1 Å². The molecule has 0 spiro atoms. The van der Waals surface area contributed by atoms with Gasteiger partial charge in [0.1, 0.15) is 5.82 Å². The Bertz CT molecular complexity index is 400. The molecule has 1 atom stereocenters. The second-order valence-electron chi connectivity index (χ2n) is 6.05. The molecule has 1 fully saturated rings. The largest absolute Gasteiger partial charge is 0.356 e. The van der Waals surface area contributed by atoms with E-state index in [2.05, 4.69) is 47.6 Å². The smallest absolute Gasteiger partial charge is 0.128 e. The zero-order valence-electron chi connectivity index (χ0n) is 12.2. The molecule has 2 N–H and O–H groups in total. The Hall–Kier alpha value is -0.740. The highest BCUT2D eigenvalue weighted by molar-refractivity contribution is 8.00. The fraction of sp³-hybridized carbons (Fsp3) is 0.667. The first-order chi connectivity index (χ1) is 8.96. The molecule has 1 aromatic heterocycles. The van der Waals surface area contributed by atoms with Crippen molar-refractivity contribution in [1.29, 1.82) is 0 Å². The number of hydrogen-bond donors (Lipinski definition) is 1. The van der Waals surface area contributed by atoms with Gasteiger partial charge in [0, 0.05) is 35.8 Å². The standard InChI is InChI=1S/C15H25N3S/c1-12(16)10-13-4-5-14(17-11-13)18-7-6-15(2,3)19-9-8-18/h4-5,11-12H,6-10,16H2,1-3H3. The summed E-state index contributed by atoms with van der Waals surface area (Å²) in [6.45, 7) is 8.88. The number of pyridine rings is 1. The lowest BCUT2D eigenvalue weighted by atomic mass is 10.1. The number of thioether (sulfide) groups is 1. The monoisotopic (exact) mass is 279 g/mol. The minimum absolute atomic E-state index is 0.197. The Morgan fingerprint density at radius 3 is 2.84 bits per heavy atom. The molecule has 0 saturated carbocycles. The molecule has 2 heterocycles. The topological polar surface area (TPSA) is 42.1 Å². The van der Waals surface area contributed by atoms with Crippen molar-refractivity contribution >= 4 is 17.6 Å². The minimum atomic E-state index is 0.197. The fourth-order valence-electron chi connectivity index (χ4n) is 2.35. The third-order valence-corrected chi connectivity index (χ3v) is 4.90. The van der Waals surface area contributed by atoms with Crippen LogP contribution in [0.4, 0.5) is 5.82 Å². The molecule has 4 heteroatoms. The molecule has 0 radical (unpaired) electrons. The van der Waals surface area contributed by atoms with Crippen LogP contribution in [0.3, 0.4) is 0 Å². The molecule has 1 aromatic rings. The van der Waals surface area contributed by atoms with Crippen LogP contribution in [0.2, 0.25) is 0 Å². The van der Waals surface area contributed by atoms with Gasteiger partial charge in [0.25, 0.3) is 0 Å². The number of rotatable bonds is 3. The Balaban J connectivity index is 2.01. The van der Waals surface area contributed by atoms with Gasteiger partial charge in [0.15, 0.2) is 0 Å². The molecule has 106 valence electrons. The maximum absolute atomic E-state index is 5.81. The van der Waals surface area contributed by atoms with Gasteiger partial charge < -0.3 is 10.6 Å². The first kappa shape index (κ1) is 14.7. The maximum atomic E-state index is 5.81. The minimum Gasteiger partial charge on any atom is -0.356 e. The number of nitrogens with two attached hydrogens (primary N) is 1. The van der Waals surface area contributed by atoms with E-state index >= 15 is 0 Å². The highest BCUT2D eigenvalue weighted by Gasteiger charge is 2.24. The fourth-order valence-corrected chi connectivity index (χ4v) is 3.45. The van der Waals surface area contributed by atoms with Crippen molar-refractivity contribution in [3.63, 3.8) is 0 Å². The summed E-state index contributed by atoms with van der Waals surface area (Å²) in [7, 11) is 0. The summed E-state index contributed by atoms with van der Waals surface area (Å²) in [4.78, 5) is 7.01. The third-order valence-electron chi connectivity index (χ3n) is 3.53. The molecule has 1 aliphatic heterocycles. The van der Waals surface area contributed by atoms with Gasteiger partial charge in [0.2, 0.25) is 0 Å². The van der Waals surface area contributed by atoms with Crippen molar-refractivity contribution in [3.8, 4) is 0 Å². The lowest BCUT2D eigenvalue weighted by Gasteiger charge is -2.23. The van der Waals surface area contributed by atoms with Gasteiger partial charge in [-0.2, -0.15) is 11.8 Å². The average Bonchev–Trinajstić information content (AvgIpc) is 2.51. The molecule has 0 aromatic carbocycles. The number of aromatic nitrogens is 1. The highest BCUT2D eigenvalue weighted by Crippen LogP contribution is 2.31. The van der Waals surface area contributed by atoms with Crippen molar-refractivity contribution in [1.82, 2.24) is 4.98 Å². The zero-order valence-corrected chi connectivity index (χ0v) is 13.0. The zero-order chi connectivity index (χ0) is 13.9. The SMILES string of the molecule is CC(N)Cc1ccc(N2CCSC(C)(C)CC2)nc1. The van der Waals surface area contributed by atoms with E-state index in [0.717, 1.165) is 25.3 Å². The summed E-state index contributed by atoms with van der Waals surface area (Å²) in [5, 5.41) is 0. The summed E-state index contributed by atoms with van der Waals surface area (Å²) in [5.41, 5.74) is 7.04. The van der Waals surface area contributed by atoms with Crippen LogP contribution in [0.5, 0.6) is 0 Å². The Morgan fingerprint density at radius 1 is 1.42 bits per heavy atom. The lowest BCUT2D eigenvalue weighted by molar-refractivity contribution is 0.635. The van der Waals surface area contributed by atoms with Crippen molar-refractivity contribution in [2.45, 2.75) is 44.4 Å². The van der Waals surface area contributed by atoms with Crippen molar-refractivity contribution in [3.05, 3.63) is 23.9 Å². The molecule has 3 nitrogen and oxygen atoms in total. The predicted octanol–water partition coefficient (Wildman–Crippen LogP) is 2.69. The highest BCUT2D eigenvalue weighted by atomic mass is 32.2. The van der Waals surface area contributed by atoms with Crippen molar-refractivity contribution in [2.75, 3.05) is 23.7 Å². The van der Waals surface area contributed by atoms with Crippen LogP contribution in [0.15, 0.2) is 18.3 Å². The van der Waals surface area contributed by atoms with Crippen LogP contribution >= 0.6 is 11.8 Å². The Labute approximate surface area is 121 Å². The van der Waals surface area contributed by atoms with Gasteiger partial charge in [-0.05, 0) is 31.4 Å². The summed E-state index contributed by atoms with van der Waals surface area (Å²) in [6, 6.07) is 4.50. The molecular weight excluding hydrogens is 254 g/mol. The van der Waals surface area contributed by atoms with E-state index in [9.17, 15) is 0 Å². The summed E-state index contributed by atoms with van der Waals surface area (Å²) in [6.07, 6.45) is 4.08. The maximum Gasteiger partial charge on any atom is 0.128 e. The molecule has 1 aliphatic rings. The van der Waals surface area contributed by atoms with E-state index in [1.165, 1.54) is 17.7 Å². The van der Waals surface area contributed by atoms with E-state index in [0.29, 0.717) is 4.75 Å². The van der Waals surface area contributed by atoms with Crippen LogP contribution in [-0.4, -0.2) is 34.6 Å². The van der Waals surface area contributed by atoms with Crippen LogP contribution in [0, 0.1) is 0 Å². The lowest BCUT2D eigenvalue weighted by Crippen LogP contribution is -2.27. The second kappa shape index (κ2) is 6.14. The first-order valence-electron chi connectivity index (χ1n) is 7.06. The number of anilines is 1. The van der Waals surface area contributed by atoms with Crippen LogP contribution in [0.25, 0.3) is 0 Å². The third kappa shape index (κ3) is 4.39. The predicted molar refractivity (Wildman–Crippen MR) is 85.0 cm³/mol. The number of hydrogen-bond acceptors (Lipinski definition) is 4. The van der Waals surface area contributed by atoms with Crippen molar-refractivity contribution < 1.29 is 0 Å². The molecule has 2 rings (SSSR count). The molecule has 1 unspecified atom stereocenters.